The largest absolute Gasteiger partial charge is 0.397 e. The molecule has 19 heavy (non-hydrogen) atoms. The summed E-state index contributed by atoms with van der Waals surface area (Å²) in [6.07, 6.45) is 2.21. The third kappa shape index (κ3) is 3.26. The highest BCUT2D eigenvalue weighted by atomic mass is 79.9. The third-order valence-electron chi connectivity index (χ3n) is 2.34. The Kier molecular flexibility index (Phi) is 4.12. The first-order valence-corrected chi connectivity index (χ1v) is 8.54. The summed E-state index contributed by atoms with van der Waals surface area (Å²) in [5.74, 6) is 0.223. The van der Waals surface area contributed by atoms with Crippen LogP contribution in [-0.4, -0.2) is 13.4 Å². The number of hydrogen-bond acceptors (Lipinski definition) is 5. The maximum absolute atomic E-state index is 12.2. The zero-order chi connectivity index (χ0) is 14.0. The van der Waals surface area contributed by atoms with Crippen LogP contribution in [-0.2, 0) is 16.4 Å². The van der Waals surface area contributed by atoms with Crippen molar-refractivity contribution in [3.8, 4) is 0 Å². The fourth-order valence-electron chi connectivity index (χ4n) is 1.40. The predicted octanol–water partition coefficient (Wildman–Crippen LogP) is 2.85. The van der Waals surface area contributed by atoms with Crippen molar-refractivity contribution in [2.75, 3.05) is 10.5 Å². The van der Waals surface area contributed by atoms with Crippen molar-refractivity contribution >= 4 is 48.8 Å². The van der Waals surface area contributed by atoms with Crippen molar-refractivity contribution < 1.29 is 8.42 Å². The summed E-state index contributed by atoms with van der Waals surface area (Å²) >= 11 is 4.47. The lowest BCUT2D eigenvalue weighted by Gasteiger charge is -2.07. The van der Waals surface area contributed by atoms with E-state index in [2.05, 4.69) is 25.6 Å². The molecular weight excluding hydrogens is 350 g/mol. The number of nitrogens with zero attached hydrogens (tertiary/aromatic N) is 1. The summed E-state index contributed by atoms with van der Waals surface area (Å²) in [5, 5.41) is 0. The summed E-state index contributed by atoms with van der Waals surface area (Å²) in [4.78, 5) is 4.98. The number of halogens is 1. The standard InChI is InChI=1S/C11H12BrN3O2S2/c1-2-8-3-4-10(18-8)19(16,17)15-11-9(12)5-7(13)6-14-11/h3-6H,2,13H2,1H3,(H,14,15). The van der Waals surface area contributed by atoms with E-state index in [0.29, 0.717) is 10.2 Å². The molecule has 2 aromatic rings. The quantitative estimate of drug-likeness (QED) is 0.876. The molecular formula is C11H12BrN3O2S2. The molecule has 102 valence electrons. The number of rotatable bonds is 4. The maximum atomic E-state index is 12.2. The molecule has 0 bridgehead atoms. The van der Waals surface area contributed by atoms with E-state index < -0.39 is 10.0 Å². The Morgan fingerprint density at radius 2 is 2.21 bits per heavy atom. The van der Waals surface area contributed by atoms with E-state index >= 15 is 0 Å². The molecule has 0 saturated heterocycles. The van der Waals surface area contributed by atoms with Gasteiger partial charge in [0.2, 0.25) is 0 Å². The molecule has 8 heteroatoms. The molecule has 2 heterocycles. The van der Waals surface area contributed by atoms with E-state index in [1.165, 1.54) is 17.5 Å². The zero-order valence-corrected chi connectivity index (χ0v) is 13.3. The van der Waals surface area contributed by atoms with E-state index in [-0.39, 0.29) is 10.0 Å². The SMILES string of the molecule is CCc1ccc(S(=O)(=O)Nc2ncc(N)cc2Br)s1. The van der Waals surface area contributed by atoms with Gasteiger partial charge in [-0.25, -0.2) is 13.4 Å². The summed E-state index contributed by atoms with van der Waals surface area (Å²) in [6.45, 7) is 1.98. The van der Waals surface area contributed by atoms with Crippen molar-refractivity contribution in [2.45, 2.75) is 17.6 Å². The number of thiophene rings is 1. The molecule has 0 spiro atoms. The lowest BCUT2D eigenvalue weighted by atomic mass is 10.4. The van der Waals surface area contributed by atoms with Gasteiger partial charge in [0, 0.05) is 4.88 Å². The molecule has 0 aliphatic heterocycles. The molecule has 0 aliphatic rings. The molecule has 0 fully saturated rings. The van der Waals surface area contributed by atoms with Gasteiger partial charge in [0.25, 0.3) is 10.0 Å². The number of aryl methyl sites for hydroxylation is 1. The normalized spacial score (nSPS) is 11.5. The van der Waals surface area contributed by atoms with Gasteiger partial charge in [-0.2, -0.15) is 0 Å². The Bertz CT molecular complexity index is 698. The van der Waals surface area contributed by atoms with Crippen molar-refractivity contribution in [1.29, 1.82) is 0 Å². The van der Waals surface area contributed by atoms with Gasteiger partial charge >= 0.3 is 0 Å². The number of aromatic nitrogens is 1. The molecule has 5 nitrogen and oxygen atoms in total. The van der Waals surface area contributed by atoms with Gasteiger partial charge in [-0.1, -0.05) is 6.92 Å². The molecule has 0 radical (unpaired) electrons. The second-order valence-electron chi connectivity index (χ2n) is 3.78. The van der Waals surface area contributed by atoms with Gasteiger partial charge in [0.1, 0.15) is 4.21 Å². The second-order valence-corrected chi connectivity index (χ2v) is 7.71. The summed E-state index contributed by atoms with van der Waals surface area (Å²) < 4.78 is 27.6. The van der Waals surface area contributed by atoms with Gasteiger partial charge < -0.3 is 5.73 Å². The number of pyridine rings is 1. The summed E-state index contributed by atoms with van der Waals surface area (Å²) in [7, 11) is -3.60. The number of anilines is 2. The van der Waals surface area contributed by atoms with E-state index in [0.717, 1.165) is 11.3 Å². The van der Waals surface area contributed by atoms with Crippen LogP contribution in [0.2, 0.25) is 0 Å². The minimum absolute atomic E-state index is 0.223. The Labute approximate surface area is 124 Å². The highest BCUT2D eigenvalue weighted by molar-refractivity contribution is 9.10. The van der Waals surface area contributed by atoms with Crippen LogP contribution >= 0.6 is 27.3 Å². The predicted molar refractivity (Wildman–Crippen MR) is 80.9 cm³/mol. The maximum Gasteiger partial charge on any atom is 0.272 e. The topological polar surface area (TPSA) is 85.1 Å². The highest BCUT2D eigenvalue weighted by Gasteiger charge is 2.18. The van der Waals surface area contributed by atoms with Crippen LogP contribution in [0.1, 0.15) is 11.8 Å². The Hall–Kier alpha value is -1.12. The average molecular weight is 362 g/mol. The minimum atomic E-state index is -3.60. The van der Waals surface area contributed by atoms with Gasteiger partial charge in [-0.15, -0.1) is 11.3 Å². The van der Waals surface area contributed by atoms with Crippen molar-refractivity contribution in [3.05, 3.63) is 33.7 Å². The van der Waals surface area contributed by atoms with Crippen LogP contribution in [0.5, 0.6) is 0 Å². The number of nitrogen functional groups attached to an aromatic ring is 1. The summed E-state index contributed by atoms with van der Waals surface area (Å²) in [6, 6.07) is 5.00. The molecule has 0 atom stereocenters. The third-order valence-corrected chi connectivity index (χ3v) is 6.01. The van der Waals surface area contributed by atoms with E-state index in [1.807, 2.05) is 13.0 Å². The second kappa shape index (κ2) is 5.48. The monoisotopic (exact) mass is 361 g/mol. The van der Waals surface area contributed by atoms with Gasteiger partial charge in [0.15, 0.2) is 5.82 Å². The van der Waals surface area contributed by atoms with Crippen LogP contribution in [0, 0.1) is 0 Å². The average Bonchev–Trinajstić information content (AvgIpc) is 2.82. The number of sulfonamides is 1. The molecule has 2 aromatic heterocycles. The molecule has 2 rings (SSSR count). The molecule has 0 amide bonds. The lowest BCUT2D eigenvalue weighted by molar-refractivity contribution is 0.603. The fraction of sp³-hybridized carbons (Fsp3) is 0.182. The van der Waals surface area contributed by atoms with Crippen LogP contribution < -0.4 is 10.5 Å². The lowest BCUT2D eigenvalue weighted by Crippen LogP contribution is -2.13. The van der Waals surface area contributed by atoms with Crippen LogP contribution in [0.4, 0.5) is 11.5 Å². The first kappa shape index (κ1) is 14.3. The number of nitrogens with one attached hydrogen (secondary N) is 1. The van der Waals surface area contributed by atoms with E-state index in [9.17, 15) is 8.42 Å². The van der Waals surface area contributed by atoms with Crippen molar-refractivity contribution in [1.82, 2.24) is 4.98 Å². The van der Waals surface area contributed by atoms with E-state index in [1.54, 1.807) is 12.1 Å². The van der Waals surface area contributed by atoms with Crippen molar-refractivity contribution in [3.63, 3.8) is 0 Å². The molecule has 3 N–H and O–H groups in total. The number of nitrogens with two attached hydrogens (primary N) is 1. The van der Waals surface area contributed by atoms with Gasteiger partial charge in [0.05, 0.1) is 16.4 Å². The van der Waals surface area contributed by atoms with E-state index in [4.69, 9.17) is 5.73 Å². The molecule has 0 saturated carbocycles. The van der Waals surface area contributed by atoms with Gasteiger partial charge in [-0.3, -0.25) is 4.72 Å². The summed E-state index contributed by atoms with van der Waals surface area (Å²) in [5.41, 5.74) is 6.01. The minimum Gasteiger partial charge on any atom is -0.397 e. The first-order chi connectivity index (χ1) is 8.92. The van der Waals surface area contributed by atoms with Crippen LogP contribution in [0.25, 0.3) is 0 Å². The molecule has 0 aromatic carbocycles. The van der Waals surface area contributed by atoms with Crippen LogP contribution in [0.3, 0.4) is 0 Å². The zero-order valence-electron chi connectivity index (χ0n) is 10.1. The van der Waals surface area contributed by atoms with Crippen molar-refractivity contribution in [2.24, 2.45) is 0 Å². The number of hydrogen-bond donors (Lipinski definition) is 2. The van der Waals surface area contributed by atoms with Crippen LogP contribution in [0.15, 0.2) is 33.1 Å². The highest BCUT2D eigenvalue weighted by Crippen LogP contribution is 2.27. The smallest absolute Gasteiger partial charge is 0.272 e. The van der Waals surface area contributed by atoms with Gasteiger partial charge in [-0.05, 0) is 40.5 Å². The molecule has 0 aliphatic carbocycles. The Balaban J connectivity index is 2.30. The molecule has 0 unspecified atom stereocenters. The Morgan fingerprint density at radius 1 is 1.47 bits per heavy atom. The fourth-order valence-corrected chi connectivity index (χ4v) is 4.32. The Morgan fingerprint density at radius 3 is 2.79 bits per heavy atom. The first-order valence-electron chi connectivity index (χ1n) is 5.45.